The lowest BCUT2D eigenvalue weighted by Crippen LogP contribution is -2.31. The van der Waals surface area contributed by atoms with Crippen molar-refractivity contribution >= 4 is 24.6 Å². The molecule has 0 saturated heterocycles. The van der Waals surface area contributed by atoms with E-state index >= 15 is 0 Å². The van der Waals surface area contributed by atoms with Gasteiger partial charge in [-0.3, -0.25) is 4.79 Å². The number of hydrogen-bond donors (Lipinski definition) is 2. The first kappa shape index (κ1) is 12.5. The second kappa shape index (κ2) is 6.10. The summed E-state index contributed by atoms with van der Waals surface area (Å²) in [6, 6.07) is 6.88. The van der Waals surface area contributed by atoms with E-state index in [4.69, 9.17) is 14.8 Å². The van der Waals surface area contributed by atoms with Crippen LogP contribution in [0.15, 0.2) is 30.3 Å². The van der Waals surface area contributed by atoms with Gasteiger partial charge in [0.15, 0.2) is 0 Å². The third-order valence-electron chi connectivity index (χ3n) is 1.95. The maximum Gasteiger partial charge on any atom is 0.489 e. The third kappa shape index (κ3) is 3.88. The number of benzene rings is 1. The minimum absolute atomic E-state index is 0.172. The molecule has 0 amide bonds. The Morgan fingerprint density at radius 1 is 1.44 bits per heavy atom. The average molecular weight is 220 g/mol. The monoisotopic (exact) mass is 220 g/mol. The predicted molar refractivity (Wildman–Crippen MR) is 61.9 cm³/mol. The SMILES string of the molecule is CC(=O)OC/C=C/c1ccccc1B(O)O. The molecule has 0 aromatic heterocycles. The average Bonchev–Trinajstić information content (AvgIpc) is 2.24. The van der Waals surface area contributed by atoms with E-state index in [2.05, 4.69) is 0 Å². The third-order valence-corrected chi connectivity index (χ3v) is 1.95. The first-order chi connectivity index (χ1) is 7.61. The summed E-state index contributed by atoms with van der Waals surface area (Å²) in [7, 11) is -1.51. The molecule has 4 nitrogen and oxygen atoms in total. The summed E-state index contributed by atoms with van der Waals surface area (Å²) >= 11 is 0. The Morgan fingerprint density at radius 3 is 2.75 bits per heavy atom. The number of carbonyl (C=O) groups excluding carboxylic acids is 1. The van der Waals surface area contributed by atoms with Gasteiger partial charge in [-0.25, -0.2) is 0 Å². The van der Waals surface area contributed by atoms with Crippen molar-refractivity contribution in [1.82, 2.24) is 0 Å². The molecule has 0 atom stereocenters. The van der Waals surface area contributed by atoms with Crippen LogP contribution in [0.5, 0.6) is 0 Å². The molecule has 1 rings (SSSR count). The lowest BCUT2D eigenvalue weighted by atomic mass is 9.77. The number of hydrogen-bond acceptors (Lipinski definition) is 4. The molecule has 0 saturated carbocycles. The van der Waals surface area contributed by atoms with Crippen molar-refractivity contribution in [2.45, 2.75) is 6.92 Å². The van der Waals surface area contributed by atoms with Gasteiger partial charge in [-0.15, -0.1) is 0 Å². The summed E-state index contributed by atoms with van der Waals surface area (Å²) in [5.74, 6) is -0.347. The summed E-state index contributed by atoms with van der Waals surface area (Å²) in [6.45, 7) is 1.50. The highest BCUT2D eigenvalue weighted by Gasteiger charge is 2.13. The molecule has 5 heteroatoms. The first-order valence-corrected chi connectivity index (χ1v) is 4.86. The molecule has 0 spiro atoms. The molecule has 0 bridgehead atoms. The van der Waals surface area contributed by atoms with Crippen LogP contribution in [0.2, 0.25) is 0 Å². The fourth-order valence-corrected chi connectivity index (χ4v) is 1.24. The Kier molecular flexibility index (Phi) is 4.76. The molecule has 0 aliphatic heterocycles. The fourth-order valence-electron chi connectivity index (χ4n) is 1.24. The summed E-state index contributed by atoms with van der Waals surface area (Å²) < 4.78 is 4.71. The summed E-state index contributed by atoms with van der Waals surface area (Å²) in [5.41, 5.74) is 1.10. The second-order valence-corrected chi connectivity index (χ2v) is 3.21. The standard InChI is InChI=1S/C11H13BO4/c1-9(13)16-8-4-6-10-5-2-3-7-11(10)12(14)15/h2-7,14-15H,8H2,1H3/b6-4+. The van der Waals surface area contributed by atoms with Crippen molar-refractivity contribution < 1.29 is 19.6 Å². The first-order valence-electron chi connectivity index (χ1n) is 4.86. The van der Waals surface area contributed by atoms with Crippen molar-refractivity contribution in [3.8, 4) is 0 Å². The molecule has 0 aliphatic rings. The molecule has 0 unspecified atom stereocenters. The van der Waals surface area contributed by atoms with E-state index in [0.29, 0.717) is 11.0 Å². The molecule has 2 N–H and O–H groups in total. The highest BCUT2D eigenvalue weighted by Crippen LogP contribution is 2.00. The smallest absolute Gasteiger partial charge is 0.462 e. The largest absolute Gasteiger partial charge is 0.489 e. The van der Waals surface area contributed by atoms with Gasteiger partial charge in [0.1, 0.15) is 6.61 Å². The van der Waals surface area contributed by atoms with E-state index in [0.717, 1.165) is 0 Å². The van der Waals surface area contributed by atoms with Gasteiger partial charge in [0.2, 0.25) is 0 Å². The Balaban J connectivity index is 2.69. The highest BCUT2D eigenvalue weighted by molar-refractivity contribution is 6.59. The second-order valence-electron chi connectivity index (χ2n) is 3.21. The quantitative estimate of drug-likeness (QED) is 0.551. The molecule has 0 heterocycles. The number of esters is 1. The highest BCUT2D eigenvalue weighted by atomic mass is 16.5. The molecule has 0 radical (unpaired) electrons. The van der Waals surface area contributed by atoms with Crippen LogP contribution in [0, 0.1) is 0 Å². The van der Waals surface area contributed by atoms with Crippen molar-refractivity contribution in [3.05, 3.63) is 35.9 Å². The number of ether oxygens (including phenoxy) is 1. The van der Waals surface area contributed by atoms with Gasteiger partial charge in [0, 0.05) is 6.92 Å². The van der Waals surface area contributed by atoms with Crippen LogP contribution in [0.1, 0.15) is 12.5 Å². The van der Waals surface area contributed by atoms with Crippen LogP contribution in [0.4, 0.5) is 0 Å². The van der Waals surface area contributed by atoms with E-state index in [9.17, 15) is 4.79 Å². The molecular weight excluding hydrogens is 207 g/mol. The molecular formula is C11H13BO4. The molecule has 1 aromatic rings. The molecule has 16 heavy (non-hydrogen) atoms. The van der Waals surface area contributed by atoms with Crippen molar-refractivity contribution in [1.29, 1.82) is 0 Å². The van der Waals surface area contributed by atoms with Gasteiger partial charge < -0.3 is 14.8 Å². The van der Waals surface area contributed by atoms with Crippen molar-refractivity contribution in [2.75, 3.05) is 6.61 Å². The molecule has 1 aromatic carbocycles. The summed E-state index contributed by atoms with van der Waals surface area (Å²) in [5, 5.41) is 18.2. The van der Waals surface area contributed by atoms with Gasteiger partial charge in [0.05, 0.1) is 0 Å². The zero-order chi connectivity index (χ0) is 12.0. The lowest BCUT2D eigenvalue weighted by molar-refractivity contribution is -0.139. The zero-order valence-electron chi connectivity index (χ0n) is 8.96. The van der Waals surface area contributed by atoms with E-state index in [1.807, 2.05) is 0 Å². The Labute approximate surface area is 94.3 Å². The molecule has 84 valence electrons. The van der Waals surface area contributed by atoms with Gasteiger partial charge >= 0.3 is 13.1 Å². The number of carbonyl (C=O) groups is 1. The topological polar surface area (TPSA) is 66.8 Å². The van der Waals surface area contributed by atoms with Gasteiger partial charge in [0.25, 0.3) is 0 Å². The fraction of sp³-hybridized carbons (Fsp3) is 0.182. The van der Waals surface area contributed by atoms with Crippen LogP contribution < -0.4 is 5.46 Å². The van der Waals surface area contributed by atoms with Crippen LogP contribution in [0.3, 0.4) is 0 Å². The van der Waals surface area contributed by atoms with Gasteiger partial charge in [-0.1, -0.05) is 30.3 Å². The van der Waals surface area contributed by atoms with E-state index in [-0.39, 0.29) is 12.6 Å². The normalized spacial score (nSPS) is 10.4. The predicted octanol–water partition coefficient (Wildman–Crippen LogP) is -0.0573. The Bertz CT molecular complexity index is 387. The maximum atomic E-state index is 10.5. The van der Waals surface area contributed by atoms with E-state index < -0.39 is 7.12 Å². The Hall–Kier alpha value is -1.59. The van der Waals surface area contributed by atoms with Crippen LogP contribution in [-0.4, -0.2) is 29.7 Å². The van der Waals surface area contributed by atoms with E-state index in [1.54, 1.807) is 36.4 Å². The molecule has 0 aliphatic carbocycles. The van der Waals surface area contributed by atoms with Crippen molar-refractivity contribution in [3.63, 3.8) is 0 Å². The van der Waals surface area contributed by atoms with Gasteiger partial charge in [-0.05, 0) is 17.1 Å². The minimum Gasteiger partial charge on any atom is -0.462 e. The lowest BCUT2D eigenvalue weighted by Gasteiger charge is -2.03. The van der Waals surface area contributed by atoms with Crippen molar-refractivity contribution in [2.24, 2.45) is 0 Å². The minimum atomic E-state index is -1.51. The maximum absolute atomic E-state index is 10.5. The zero-order valence-corrected chi connectivity index (χ0v) is 8.96. The Morgan fingerprint density at radius 2 is 2.12 bits per heavy atom. The molecule has 0 fully saturated rings. The number of rotatable bonds is 4. The van der Waals surface area contributed by atoms with Crippen LogP contribution >= 0.6 is 0 Å². The van der Waals surface area contributed by atoms with E-state index in [1.165, 1.54) is 6.92 Å². The summed E-state index contributed by atoms with van der Waals surface area (Å²) in [4.78, 5) is 10.5. The van der Waals surface area contributed by atoms with Crippen LogP contribution in [0.25, 0.3) is 6.08 Å². The summed E-state index contributed by atoms with van der Waals surface area (Å²) in [6.07, 6.45) is 3.32. The van der Waals surface area contributed by atoms with Crippen LogP contribution in [-0.2, 0) is 9.53 Å². The van der Waals surface area contributed by atoms with Gasteiger partial charge in [-0.2, -0.15) is 0 Å².